The normalized spacial score (nSPS) is 9.87. The number of halogens is 1. The summed E-state index contributed by atoms with van der Waals surface area (Å²) in [5.74, 6) is 0. The van der Waals surface area contributed by atoms with Crippen molar-refractivity contribution in [1.82, 2.24) is 0 Å². The van der Waals surface area contributed by atoms with Crippen LogP contribution in [-0.4, -0.2) is 6.29 Å². The monoisotopic (exact) mass is 374 g/mol. The molecule has 2 heteroatoms. The maximum absolute atomic E-state index is 10.4. The third-order valence-corrected chi connectivity index (χ3v) is 4.11. The Kier molecular flexibility index (Phi) is 10.3. The number of unbranched alkanes of at least 4 members (excludes halogenated alkanes) is 2. The van der Waals surface area contributed by atoms with Crippen LogP contribution < -0.4 is 0 Å². The standard InChI is InChI=1S/C11H14O.C10H13Br/c1-2-3-5-10-6-4-7-11(8-10)9-12;1-2-3-5-9-6-4-7-10(11)8-9/h4,6-9H,2-3,5H2,1H3;4,6-8H,2-3,5H2,1H3. The molecule has 23 heavy (non-hydrogen) atoms. The number of aldehydes is 1. The van der Waals surface area contributed by atoms with Crippen LogP contribution in [0.15, 0.2) is 53.0 Å². The Morgan fingerprint density at radius 2 is 1.43 bits per heavy atom. The quantitative estimate of drug-likeness (QED) is 0.496. The van der Waals surface area contributed by atoms with Crippen LogP contribution in [0.5, 0.6) is 0 Å². The van der Waals surface area contributed by atoms with Gasteiger partial charge in [0.1, 0.15) is 6.29 Å². The van der Waals surface area contributed by atoms with Crippen molar-refractivity contribution in [3.05, 3.63) is 69.7 Å². The molecule has 0 aliphatic heterocycles. The molecule has 0 aromatic heterocycles. The molecule has 0 saturated heterocycles. The second-order valence-corrected chi connectivity index (χ2v) is 6.62. The Bertz CT molecular complexity index is 578. The number of aryl methyl sites for hydroxylation is 2. The molecule has 124 valence electrons. The van der Waals surface area contributed by atoms with Crippen LogP contribution in [0, 0.1) is 0 Å². The number of benzene rings is 2. The van der Waals surface area contributed by atoms with Gasteiger partial charge in [0, 0.05) is 10.0 Å². The van der Waals surface area contributed by atoms with Gasteiger partial charge in [-0.05, 0) is 55.0 Å². The van der Waals surface area contributed by atoms with E-state index >= 15 is 0 Å². The van der Waals surface area contributed by atoms with E-state index in [4.69, 9.17) is 0 Å². The van der Waals surface area contributed by atoms with Gasteiger partial charge in [-0.3, -0.25) is 4.79 Å². The van der Waals surface area contributed by atoms with Gasteiger partial charge in [0.2, 0.25) is 0 Å². The maximum atomic E-state index is 10.4. The summed E-state index contributed by atoms with van der Waals surface area (Å²) in [5.41, 5.74) is 3.48. The van der Waals surface area contributed by atoms with Crippen LogP contribution in [0.25, 0.3) is 0 Å². The van der Waals surface area contributed by atoms with E-state index in [1.54, 1.807) is 0 Å². The Morgan fingerprint density at radius 1 is 0.870 bits per heavy atom. The molecule has 0 unspecified atom stereocenters. The molecule has 0 radical (unpaired) electrons. The van der Waals surface area contributed by atoms with E-state index in [0.717, 1.165) is 18.3 Å². The number of carbonyl (C=O) groups excluding carboxylic acids is 1. The highest BCUT2D eigenvalue weighted by atomic mass is 79.9. The first-order chi connectivity index (χ1) is 11.2. The zero-order valence-corrected chi connectivity index (χ0v) is 15.8. The van der Waals surface area contributed by atoms with Gasteiger partial charge < -0.3 is 0 Å². The second kappa shape index (κ2) is 12.1. The molecule has 0 heterocycles. The van der Waals surface area contributed by atoms with Crippen LogP contribution in [0.2, 0.25) is 0 Å². The number of rotatable bonds is 7. The van der Waals surface area contributed by atoms with Crippen LogP contribution in [0.3, 0.4) is 0 Å². The summed E-state index contributed by atoms with van der Waals surface area (Å²) in [4.78, 5) is 10.4. The molecule has 1 nitrogen and oxygen atoms in total. The van der Waals surface area contributed by atoms with Crippen molar-refractivity contribution < 1.29 is 4.79 Å². The zero-order chi connectivity index (χ0) is 16.9. The Morgan fingerprint density at radius 3 is 1.96 bits per heavy atom. The number of carbonyl (C=O) groups is 1. The van der Waals surface area contributed by atoms with Gasteiger partial charge >= 0.3 is 0 Å². The lowest BCUT2D eigenvalue weighted by Crippen LogP contribution is -1.86. The zero-order valence-electron chi connectivity index (χ0n) is 14.2. The van der Waals surface area contributed by atoms with E-state index in [0.29, 0.717) is 0 Å². The van der Waals surface area contributed by atoms with Gasteiger partial charge in [-0.2, -0.15) is 0 Å². The van der Waals surface area contributed by atoms with Gasteiger partial charge in [0.05, 0.1) is 0 Å². The lowest BCUT2D eigenvalue weighted by molar-refractivity contribution is 0.112. The van der Waals surface area contributed by atoms with Crippen LogP contribution in [-0.2, 0) is 12.8 Å². The summed E-state index contributed by atoms with van der Waals surface area (Å²) in [5, 5.41) is 0. The lowest BCUT2D eigenvalue weighted by Gasteiger charge is -1.99. The van der Waals surface area contributed by atoms with Crippen molar-refractivity contribution in [2.45, 2.75) is 52.4 Å². The van der Waals surface area contributed by atoms with E-state index in [1.807, 2.05) is 18.2 Å². The Hall–Kier alpha value is -1.41. The third-order valence-electron chi connectivity index (χ3n) is 3.61. The van der Waals surface area contributed by atoms with Gasteiger partial charge in [0.25, 0.3) is 0 Å². The first-order valence-corrected chi connectivity index (χ1v) is 9.27. The molecule has 2 rings (SSSR count). The third kappa shape index (κ3) is 8.71. The summed E-state index contributed by atoms with van der Waals surface area (Å²) < 4.78 is 1.19. The molecule has 0 aliphatic rings. The van der Waals surface area contributed by atoms with Crippen LogP contribution >= 0.6 is 15.9 Å². The Balaban J connectivity index is 0.000000231. The molecule has 2 aromatic rings. The second-order valence-electron chi connectivity index (χ2n) is 5.70. The van der Waals surface area contributed by atoms with Crippen LogP contribution in [0.4, 0.5) is 0 Å². The molecular formula is C21H27BrO. The molecule has 0 bridgehead atoms. The number of hydrogen-bond donors (Lipinski definition) is 0. The van der Waals surface area contributed by atoms with Crippen molar-refractivity contribution in [1.29, 1.82) is 0 Å². The van der Waals surface area contributed by atoms with E-state index in [-0.39, 0.29) is 0 Å². The minimum absolute atomic E-state index is 0.781. The summed E-state index contributed by atoms with van der Waals surface area (Å²) in [6.07, 6.45) is 8.14. The van der Waals surface area contributed by atoms with Gasteiger partial charge in [0.15, 0.2) is 0 Å². The summed E-state index contributed by atoms with van der Waals surface area (Å²) in [6, 6.07) is 16.3. The van der Waals surface area contributed by atoms with Crippen molar-refractivity contribution in [3.8, 4) is 0 Å². The molecule has 0 atom stereocenters. The van der Waals surface area contributed by atoms with Gasteiger partial charge in [-0.1, -0.05) is 73.0 Å². The lowest BCUT2D eigenvalue weighted by atomic mass is 10.1. The molecule has 0 fully saturated rings. The number of hydrogen-bond acceptors (Lipinski definition) is 1. The first kappa shape index (κ1) is 19.6. The van der Waals surface area contributed by atoms with Crippen molar-refractivity contribution >= 4 is 22.2 Å². The van der Waals surface area contributed by atoms with E-state index in [1.165, 1.54) is 47.7 Å². The average molecular weight is 375 g/mol. The topological polar surface area (TPSA) is 17.1 Å². The maximum Gasteiger partial charge on any atom is 0.150 e. The molecule has 0 spiro atoms. The van der Waals surface area contributed by atoms with Crippen molar-refractivity contribution in [3.63, 3.8) is 0 Å². The molecule has 0 N–H and O–H groups in total. The molecule has 2 aromatic carbocycles. The molecule has 0 amide bonds. The summed E-state index contributed by atoms with van der Waals surface area (Å²) in [6.45, 7) is 4.39. The first-order valence-electron chi connectivity index (χ1n) is 8.48. The predicted molar refractivity (Wildman–Crippen MR) is 103 cm³/mol. The highest BCUT2D eigenvalue weighted by Gasteiger charge is 1.93. The fourth-order valence-corrected chi connectivity index (χ4v) is 2.72. The highest BCUT2D eigenvalue weighted by Crippen LogP contribution is 2.13. The summed E-state index contributed by atoms with van der Waals surface area (Å²) in [7, 11) is 0. The van der Waals surface area contributed by atoms with Gasteiger partial charge in [-0.15, -0.1) is 0 Å². The Labute approximate surface area is 149 Å². The molecular weight excluding hydrogens is 348 g/mol. The fraction of sp³-hybridized carbons (Fsp3) is 0.381. The van der Waals surface area contributed by atoms with E-state index in [9.17, 15) is 4.79 Å². The van der Waals surface area contributed by atoms with Crippen molar-refractivity contribution in [2.24, 2.45) is 0 Å². The molecule has 0 saturated carbocycles. The molecule has 0 aliphatic carbocycles. The van der Waals surface area contributed by atoms with Crippen molar-refractivity contribution in [2.75, 3.05) is 0 Å². The minimum Gasteiger partial charge on any atom is -0.298 e. The van der Waals surface area contributed by atoms with E-state index < -0.39 is 0 Å². The minimum atomic E-state index is 0.781. The largest absolute Gasteiger partial charge is 0.298 e. The SMILES string of the molecule is CCCCc1cccc(Br)c1.CCCCc1cccc(C=O)c1. The van der Waals surface area contributed by atoms with E-state index in [2.05, 4.69) is 60.1 Å². The average Bonchev–Trinajstić information content (AvgIpc) is 2.59. The fourth-order valence-electron chi connectivity index (χ4n) is 2.28. The van der Waals surface area contributed by atoms with Crippen LogP contribution in [0.1, 0.15) is 61.0 Å². The van der Waals surface area contributed by atoms with Gasteiger partial charge in [-0.25, -0.2) is 0 Å². The predicted octanol–water partition coefficient (Wildman–Crippen LogP) is 6.63. The summed E-state index contributed by atoms with van der Waals surface area (Å²) >= 11 is 3.45. The smallest absolute Gasteiger partial charge is 0.150 e. The highest BCUT2D eigenvalue weighted by molar-refractivity contribution is 9.10.